The first-order chi connectivity index (χ1) is 9.71. The first kappa shape index (κ1) is 16.6. The van der Waals surface area contributed by atoms with Crippen molar-refractivity contribution in [1.29, 1.82) is 0 Å². The van der Waals surface area contributed by atoms with E-state index in [9.17, 15) is 0 Å². The molecule has 0 bridgehead atoms. The molecule has 1 aromatic carbocycles. The molecular weight excluding hydrogens is 254 g/mol. The number of nitrogens with one attached hydrogen (secondary N) is 1. The molecule has 4 nitrogen and oxygen atoms in total. The Morgan fingerprint density at radius 3 is 1.75 bits per heavy atom. The smallest absolute Gasteiger partial charge is 0.203 e. The first-order valence-electron chi connectivity index (χ1n) is 7.45. The maximum atomic E-state index is 5.72. The average molecular weight is 281 g/mol. The highest BCUT2D eigenvalue weighted by Gasteiger charge is 2.18. The quantitative estimate of drug-likeness (QED) is 0.751. The van der Waals surface area contributed by atoms with Crippen molar-refractivity contribution in [2.45, 2.75) is 40.2 Å². The van der Waals surface area contributed by atoms with Gasteiger partial charge in [0, 0.05) is 6.04 Å². The van der Waals surface area contributed by atoms with E-state index in [1.807, 2.05) is 40.0 Å². The van der Waals surface area contributed by atoms with Crippen LogP contribution in [0.1, 0.15) is 45.7 Å². The molecule has 0 radical (unpaired) electrons. The van der Waals surface area contributed by atoms with E-state index in [1.54, 1.807) is 0 Å². The maximum Gasteiger partial charge on any atom is 0.203 e. The van der Waals surface area contributed by atoms with Crippen LogP contribution in [0.4, 0.5) is 0 Å². The van der Waals surface area contributed by atoms with Gasteiger partial charge >= 0.3 is 0 Å². The zero-order valence-electron chi connectivity index (χ0n) is 13.3. The Balaban J connectivity index is 3.28. The van der Waals surface area contributed by atoms with Gasteiger partial charge in [-0.2, -0.15) is 0 Å². The van der Waals surface area contributed by atoms with Crippen LogP contribution < -0.4 is 19.5 Å². The van der Waals surface area contributed by atoms with E-state index >= 15 is 0 Å². The minimum absolute atomic E-state index is 0.282. The summed E-state index contributed by atoms with van der Waals surface area (Å²) in [5, 5.41) is 3.31. The summed E-state index contributed by atoms with van der Waals surface area (Å²) in [6.07, 6.45) is 1.00. The van der Waals surface area contributed by atoms with Gasteiger partial charge in [-0.15, -0.1) is 0 Å². The average Bonchev–Trinajstić information content (AvgIpc) is 2.44. The van der Waals surface area contributed by atoms with Gasteiger partial charge in [0.25, 0.3) is 0 Å². The van der Waals surface area contributed by atoms with E-state index in [0.29, 0.717) is 25.6 Å². The maximum absolute atomic E-state index is 5.72. The van der Waals surface area contributed by atoms with Gasteiger partial charge in [0.1, 0.15) is 0 Å². The van der Waals surface area contributed by atoms with Crippen molar-refractivity contribution >= 4 is 0 Å². The molecule has 0 spiro atoms. The summed E-state index contributed by atoms with van der Waals surface area (Å²) >= 11 is 0. The van der Waals surface area contributed by atoms with Crippen LogP contribution >= 0.6 is 0 Å². The standard InChI is InChI=1S/C16H27NO3/c1-6-13(17-5)12-10-14(18-7-2)16(20-9-4)15(11-12)19-8-3/h10-11,13,17H,6-9H2,1-5H3. The van der Waals surface area contributed by atoms with Gasteiger partial charge in [0.2, 0.25) is 5.75 Å². The van der Waals surface area contributed by atoms with E-state index in [1.165, 1.54) is 0 Å². The molecule has 0 aliphatic rings. The molecule has 1 unspecified atom stereocenters. The predicted octanol–water partition coefficient (Wildman–Crippen LogP) is 3.55. The van der Waals surface area contributed by atoms with Crippen molar-refractivity contribution in [2.24, 2.45) is 0 Å². The van der Waals surface area contributed by atoms with Crippen LogP contribution in [-0.4, -0.2) is 26.9 Å². The number of benzene rings is 1. The minimum atomic E-state index is 0.282. The lowest BCUT2D eigenvalue weighted by Crippen LogP contribution is -2.16. The molecule has 0 aliphatic carbocycles. The number of hydrogen-bond acceptors (Lipinski definition) is 4. The molecule has 0 amide bonds. The van der Waals surface area contributed by atoms with Gasteiger partial charge in [0.05, 0.1) is 19.8 Å². The monoisotopic (exact) mass is 281 g/mol. The minimum Gasteiger partial charge on any atom is -0.490 e. The molecular formula is C16H27NO3. The number of rotatable bonds is 9. The molecule has 0 aliphatic heterocycles. The van der Waals surface area contributed by atoms with Gasteiger partial charge in [0.15, 0.2) is 11.5 Å². The van der Waals surface area contributed by atoms with Crippen LogP contribution in [0.3, 0.4) is 0 Å². The van der Waals surface area contributed by atoms with Crippen LogP contribution in [0.5, 0.6) is 17.2 Å². The molecule has 1 atom stereocenters. The highest BCUT2D eigenvalue weighted by atomic mass is 16.5. The Bertz CT molecular complexity index is 376. The molecule has 0 heterocycles. The number of ether oxygens (including phenoxy) is 3. The normalized spacial score (nSPS) is 12.1. The third kappa shape index (κ3) is 4.04. The summed E-state index contributed by atoms with van der Waals surface area (Å²) in [6, 6.07) is 4.37. The molecule has 1 rings (SSSR count). The fourth-order valence-corrected chi connectivity index (χ4v) is 2.22. The molecule has 0 saturated carbocycles. The fraction of sp³-hybridized carbons (Fsp3) is 0.625. The first-order valence-corrected chi connectivity index (χ1v) is 7.45. The topological polar surface area (TPSA) is 39.7 Å². The third-order valence-electron chi connectivity index (χ3n) is 3.09. The molecule has 114 valence electrons. The van der Waals surface area contributed by atoms with E-state index < -0.39 is 0 Å². The summed E-state index contributed by atoms with van der Waals surface area (Å²) in [4.78, 5) is 0. The van der Waals surface area contributed by atoms with Crippen molar-refractivity contribution in [3.8, 4) is 17.2 Å². The molecule has 0 fully saturated rings. The van der Waals surface area contributed by atoms with E-state index in [2.05, 4.69) is 12.2 Å². The van der Waals surface area contributed by atoms with E-state index in [4.69, 9.17) is 14.2 Å². The third-order valence-corrected chi connectivity index (χ3v) is 3.09. The molecule has 0 saturated heterocycles. The van der Waals surface area contributed by atoms with Crippen LogP contribution in [0, 0.1) is 0 Å². The van der Waals surface area contributed by atoms with Gasteiger partial charge < -0.3 is 19.5 Å². The summed E-state index contributed by atoms with van der Waals surface area (Å²) in [5.41, 5.74) is 1.16. The van der Waals surface area contributed by atoms with Gasteiger partial charge in [-0.1, -0.05) is 6.92 Å². The van der Waals surface area contributed by atoms with Crippen molar-refractivity contribution in [1.82, 2.24) is 5.32 Å². The Kier molecular flexibility index (Phi) is 7.23. The Hall–Kier alpha value is -1.42. The SMILES string of the molecule is CCOc1cc(C(CC)NC)cc(OCC)c1OCC. The van der Waals surface area contributed by atoms with Crippen molar-refractivity contribution in [3.05, 3.63) is 17.7 Å². The lowest BCUT2D eigenvalue weighted by Gasteiger charge is -2.20. The second-order valence-corrected chi connectivity index (χ2v) is 4.39. The Morgan fingerprint density at radius 2 is 1.40 bits per heavy atom. The summed E-state index contributed by atoms with van der Waals surface area (Å²) in [5.74, 6) is 2.21. The second-order valence-electron chi connectivity index (χ2n) is 4.39. The summed E-state index contributed by atoms with van der Waals surface area (Å²) in [7, 11) is 1.96. The molecule has 0 aromatic heterocycles. The fourth-order valence-electron chi connectivity index (χ4n) is 2.22. The van der Waals surface area contributed by atoms with Crippen LogP contribution in [0.25, 0.3) is 0 Å². The summed E-state index contributed by atoms with van der Waals surface area (Å²) in [6.45, 7) is 9.84. The van der Waals surface area contributed by atoms with Gasteiger partial charge in [-0.3, -0.25) is 0 Å². The lowest BCUT2D eigenvalue weighted by molar-refractivity contribution is 0.260. The second kappa shape index (κ2) is 8.69. The zero-order chi connectivity index (χ0) is 15.0. The highest BCUT2D eigenvalue weighted by molar-refractivity contribution is 5.54. The van der Waals surface area contributed by atoms with Crippen LogP contribution in [-0.2, 0) is 0 Å². The largest absolute Gasteiger partial charge is 0.490 e. The Morgan fingerprint density at radius 1 is 0.900 bits per heavy atom. The van der Waals surface area contributed by atoms with Gasteiger partial charge in [-0.25, -0.2) is 0 Å². The van der Waals surface area contributed by atoms with Crippen LogP contribution in [0.2, 0.25) is 0 Å². The summed E-state index contributed by atoms with van der Waals surface area (Å²) < 4.78 is 17.2. The molecule has 1 N–H and O–H groups in total. The lowest BCUT2D eigenvalue weighted by atomic mass is 10.0. The zero-order valence-corrected chi connectivity index (χ0v) is 13.3. The predicted molar refractivity (Wildman–Crippen MR) is 82.0 cm³/mol. The molecule has 1 aromatic rings. The number of hydrogen-bond donors (Lipinski definition) is 1. The Labute approximate surface area is 122 Å². The van der Waals surface area contributed by atoms with Crippen LogP contribution in [0.15, 0.2) is 12.1 Å². The van der Waals surface area contributed by atoms with Crippen molar-refractivity contribution < 1.29 is 14.2 Å². The van der Waals surface area contributed by atoms with Crippen molar-refractivity contribution in [3.63, 3.8) is 0 Å². The molecule has 4 heteroatoms. The highest BCUT2D eigenvalue weighted by Crippen LogP contribution is 2.40. The molecule has 20 heavy (non-hydrogen) atoms. The van der Waals surface area contributed by atoms with Crippen molar-refractivity contribution in [2.75, 3.05) is 26.9 Å². The van der Waals surface area contributed by atoms with Gasteiger partial charge in [-0.05, 0) is 51.9 Å². The van der Waals surface area contributed by atoms with E-state index in [0.717, 1.165) is 23.5 Å². The van der Waals surface area contributed by atoms with E-state index in [-0.39, 0.29) is 6.04 Å².